The van der Waals surface area contributed by atoms with Crippen LogP contribution in [-0.2, 0) is 13.2 Å². The van der Waals surface area contributed by atoms with Crippen molar-refractivity contribution in [3.05, 3.63) is 76.4 Å². The predicted octanol–water partition coefficient (Wildman–Crippen LogP) is 3.01. The molecule has 7 heteroatoms. The summed E-state index contributed by atoms with van der Waals surface area (Å²) in [7, 11) is 1.57. The number of benzene rings is 2. The van der Waals surface area contributed by atoms with Gasteiger partial charge in [0.15, 0.2) is 0 Å². The number of aliphatic hydroxyl groups excluding tert-OH is 1. The Kier molecular flexibility index (Phi) is 4.76. The van der Waals surface area contributed by atoms with E-state index < -0.39 is 4.92 Å². The van der Waals surface area contributed by atoms with E-state index in [2.05, 4.69) is 4.98 Å². The summed E-state index contributed by atoms with van der Waals surface area (Å²) >= 11 is 0. The smallest absolute Gasteiger partial charge is 0.270 e. The number of ether oxygens (including phenoxy) is 1. The van der Waals surface area contributed by atoms with Crippen LogP contribution in [0.1, 0.15) is 11.3 Å². The van der Waals surface area contributed by atoms with Gasteiger partial charge in [-0.2, -0.15) is 0 Å². The van der Waals surface area contributed by atoms with E-state index in [-0.39, 0.29) is 12.3 Å². The van der Waals surface area contributed by atoms with Crippen molar-refractivity contribution < 1.29 is 14.8 Å². The molecule has 0 atom stereocenters. The van der Waals surface area contributed by atoms with Gasteiger partial charge in [0, 0.05) is 30.4 Å². The Morgan fingerprint density at radius 3 is 2.80 bits per heavy atom. The number of aromatic nitrogens is 2. The minimum absolute atomic E-state index is 0.0344. The Hall–Kier alpha value is -3.19. The van der Waals surface area contributed by atoms with E-state index in [0.29, 0.717) is 18.0 Å². The van der Waals surface area contributed by atoms with E-state index in [0.717, 1.165) is 16.7 Å². The van der Waals surface area contributed by atoms with E-state index in [1.165, 1.54) is 12.1 Å². The molecular weight excluding hydrogens is 322 g/mol. The van der Waals surface area contributed by atoms with Crippen molar-refractivity contribution in [2.75, 3.05) is 7.11 Å². The molecule has 0 spiro atoms. The van der Waals surface area contributed by atoms with Gasteiger partial charge in [-0.15, -0.1) is 0 Å². The van der Waals surface area contributed by atoms with E-state index in [1.807, 2.05) is 28.8 Å². The lowest BCUT2D eigenvalue weighted by atomic mass is 10.0. The second-order valence-corrected chi connectivity index (χ2v) is 5.54. The topological polar surface area (TPSA) is 90.4 Å². The van der Waals surface area contributed by atoms with Crippen LogP contribution < -0.4 is 4.74 Å². The van der Waals surface area contributed by atoms with Gasteiger partial charge in [0.25, 0.3) is 5.69 Å². The fourth-order valence-corrected chi connectivity index (χ4v) is 2.65. The number of non-ortho nitro benzene ring substituents is 1. The number of hydrogen-bond donors (Lipinski definition) is 1. The molecule has 0 aliphatic rings. The van der Waals surface area contributed by atoms with Crippen molar-refractivity contribution >= 4 is 5.69 Å². The molecule has 128 valence electrons. The van der Waals surface area contributed by atoms with E-state index in [4.69, 9.17) is 9.84 Å². The maximum absolute atomic E-state index is 11.0. The number of nitrogens with zero attached hydrogens (tertiary/aromatic N) is 3. The second kappa shape index (κ2) is 7.14. The largest absolute Gasteiger partial charge is 0.496 e. The molecule has 3 aromatic rings. The highest BCUT2D eigenvalue weighted by Crippen LogP contribution is 2.33. The number of hydrogen-bond acceptors (Lipinski definition) is 5. The van der Waals surface area contributed by atoms with Gasteiger partial charge in [-0.1, -0.05) is 18.2 Å². The monoisotopic (exact) mass is 339 g/mol. The molecule has 3 rings (SSSR count). The van der Waals surface area contributed by atoms with Gasteiger partial charge >= 0.3 is 0 Å². The molecule has 0 aliphatic carbocycles. The third kappa shape index (κ3) is 3.67. The van der Waals surface area contributed by atoms with E-state index in [1.54, 1.807) is 25.7 Å². The lowest BCUT2D eigenvalue weighted by Gasteiger charge is -2.11. The Bertz CT molecular complexity index is 905. The van der Waals surface area contributed by atoms with Crippen LogP contribution in [0.25, 0.3) is 11.1 Å². The molecule has 0 bridgehead atoms. The third-order valence-corrected chi connectivity index (χ3v) is 3.85. The van der Waals surface area contributed by atoms with Crippen LogP contribution in [0, 0.1) is 10.1 Å². The molecular formula is C18H17N3O4. The Morgan fingerprint density at radius 1 is 1.28 bits per heavy atom. The fourth-order valence-electron chi connectivity index (χ4n) is 2.65. The van der Waals surface area contributed by atoms with Crippen molar-refractivity contribution in [2.45, 2.75) is 13.2 Å². The molecule has 0 unspecified atom stereocenters. The first-order chi connectivity index (χ1) is 12.1. The highest BCUT2D eigenvalue weighted by Gasteiger charge is 2.12. The zero-order chi connectivity index (χ0) is 17.8. The van der Waals surface area contributed by atoms with E-state index in [9.17, 15) is 10.1 Å². The number of nitro benzene ring substituents is 1. The fraction of sp³-hybridized carbons (Fsp3) is 0.167. The number of methoxy groups -OCH3 is 1. The minimum atomic E-state index is -0.415. The van der Waals surface area contributed by atoms with Crippen molar-refractivity contribution in [3.8, 4) is 16.9 Å². The predicted molar refractivity (Wildman–Crippen MR) is 92.3 cm³/mol. The highest BCUT2D eigenvalue weighted by atomic mass is 16.6. The first-order valence-corrected chi connectivity index (χ1v) is 7.64. The molecule has 2 aromatic carbocycles. The van der Waals surface area contributed by atoms with Gasteiger partial charge in [-0.3, -0.25) is 10.1 Å². The molecule has 0 amide bonds. The number of imidazole rings is 1. The van der Waals surface area contributed by atoms with Crippen LogP contribution in [0.4, 0.5) is 5.69 Å². The van der Waals surface area contributed by atoms with Crippen molar-refractivity contribution in [1.82, 2.24) is 9.55 Å². The van der Waals surface area contributed by atoms with Crippen LogP contribution in [-0.4, -0.2) is 26.7 Å². The number of rotatable bonds is 6. The molecule has 0 fully saturated rings. The average molecular weight is 339 g/mol. The average Bonchev–Trinajstić information content (AvgIpc) is 3.09. The summed E-state index contributed by atoms with van der Waals surface area (Å²) in [4.78, 5) is 14.7. The minimum Gasteiger partial charge on any atom is -0.496 e. The van der Waals surface area contributed by atoms with Gasteiger partial charge < -0.3 is 14.4 Å². The first-order valence-electron chi connectivity index (χ1n) is 7.64. The number of nitro groups is 1. The summed E-state index contributed by atoms with van der Waals surface area (Å²) in [6, 6.07) is 12.2. The molecule has 0 saturated heterocycles. The van der Waals surface area contributed by atoms with Crippen molar-refractivity contribution in [2.24, 2.45) is 0 Å². The summed E-state index contributed by atoms with van der Waals surface area (Å²) in [6.07, 6.45) is 3.43. The van der Waals surface area contributed by atoms with Crippen LogP contribution >= 0.6 is 0 Å². The Labute approximate surface area is 144 Å². The number of aliphatic hydroxyl groups is 1. The molecule has 7 nitrogen and oxygen atoms in total. The second-order valence-electron chi connectivity index (χ2n) is 5.54. The summed E-state index contributed by atoms with van der Waals surface area (Å²) in [5, 5.41) is 20.1. The summed E-state index contributed by atoms with van der Waals surface area (Å²) < 4.78 is 7.27. The molecule has 1 heterocycles. The summed E-state index contributed by atoms with van der Waals surface area (Å²) in [5.41, 5.74) is 3.13. The highest BCUT2D eigenvalue weighted by molar-refractivity contribution is 5.73. The van der Waals surface area contributed by atoms with Crippen molar-refractivity contribution in [3.63, 3.8) is 0 Å². The summed E-state index contributed by atoms with van der Waals surface area (Å²) in [5.74, 6) is 0.644. The quantitative estimate of drug-likeness (QED) is 0.551. The molecule has 0 radical (unpaired) electrons. The van der Waals surface area contributed by atoms with Crippen LogP contribution in [0.15, 0.2) is 55.0 Å². The van der Waals surface area contributed by atoms with E-state index >= 15 is 0 Å². The molecule has 1 N–H and O–H groups in total. The summed E-state index contributed by atoms with van der Waals surface area (Å²) in [6.45, 7) is 0.466. The lowest BCUT2D eigenvalue weighted by Crippen LogP contribution is -1.98. The zero-order valence-corrected chi connectivity index (χ0v) is 13.6. The van der Waals surface area contributed by atoms with Gasteiger partial charge in [-0.25, -0.2) is 4.98 Å². The van der Waals surface area contributed by atoms with Crippen molar-refractivity contribution in [1.29, 1.82) is 0 Å². The third-order valence-electron chi connectivity index (χ3n) is 3.85. The maximum Gasteiger partial charge on any atom is 0.270 e. The normalized spacial score (nSPS) is 10.6. The van der Waals surface area contributed by atoms with Crippen LogP contribution in [0.5, 0.6) is 5.75 Å². The molecule has 0 aliphatic heterocycles. The first kappa shape index (κ1) is 16.7. The lowest BCUT2D eigenvalue weighted by molar-refractivity contribution is -0.384. The van der Waals surface area contributed by atoms with Gasteiger partial charge in [0.1, 0.15) is 5.75 Å². The Morgan fingerprint density at radius 2 is 2.12 bits per heavy atom. The van der Waals surface area contributed by atoms with Crippen LogP contribution in [0.3, 0.4) is 0 Å². The van der Waals surface area contributed by atoms with Gasteiger partial charge in [-0.05, 0) is 23.3 Å². The maximum atomic E-state index is 11.0. The standard InChI is InChI=1S/C18H17N3O4/c1-25-18-6-5-13(9-20-10-15(11-22)19-12-20)7-17(18)14-3-2-4-16(8-14)21(23)24/h2-8,10,12,22H,9,11H2,1H3. The molecule has 1 aromatic heterocycles. The van der Waals surface area contributed by atoms with Gasteiger partial charge in [0.2, 0.25) is 0 Å². The Balaban J connectivity index is 1.97. The zero-order valence-electron chi connectivity index (χ0n) is 13.6. The molecule has 0 saturated carbocycles. The van der Waals surface area contributed by atoms with Crippen LogP contribution in [0.2, 0.25) is 0 Å². The SMILES string of the molecule is COc1ccc(Cn2cnc(CO)c2)cc1-c1cccc([N+](=O)[O-])c1. The molecule has 25 heavy (non-hydrogen) atoms. The van der Waals surface area contributed by atoms with Gasteiger partial charge in [0.05, 0.1) is 30.7 Å².